The minimum atomic E-state index is -4.22. The molecule has 0 saturated heterocycles. The summed E-state index contributed by atoms with van der Waals surface area (Å²) in [5, 5.41) is 20.7. The van der Waals surface area contributed by atoms with E-state index < -0.39 is 39.9 Å². The van der Waals surface area contributed by atoms with Crippen molar-refractivity contribution < 1.29 is 28.3 Å². The van der Waals surface area contributed by atoms with Gasteiger partial charge in [0.25, 0.3) is 5.69 Å². The number of halogens is 2. The van der Waals surface area contributed by atoms with Crippen molar-refractivity contribution in [2.45, 2.75) is 25.8 Å². The zero-order valence-electron chi connectivity index (χ0n) is 11.3. The third-order valence-electron chi connectivity index (χ3n) is 2.84. The zero-order chi connectivity index (χ0) is 16.4. The van der Waals surface area contributed by atoms with Crippen LogP contribution in [-0.4, -0.2) is 28.5 Å². The summed E-state index contributed by atoms with van der Waals surface area (Å²) in [6.45, 7) is 2.38. The number of nitro groups is 1. The van der Waals surface area contributed by atoms with E-state index in [1.807, 2.05) is 0 Å². The molecule has 0 radical (unpaired) electrons. The van der Waals surface area contributed by atoms with Crippen molar-refractivity contribution in [3.63, 3.8) is 0 Å². The van der Waals surface area contributed by atoms with Crippen LogP contribution in [0.4, 0.5) is 14.5 Å². The molecule has 1 aromatic rings. The number of benzene rings is 1. The number of aromatic hydroxyl groups is 1. The van der Waals surface area contributed by atoms with Gasteiger partial charge in [0, 0.05) is 6.07 Å². The maximum Gasteiger partial charge on any atom is 0.379 e. The Labute approximate surface area is 118 Å². The summed E-state index contributed by atoms with van der Waals surface area (Å²) < 4.78 is 32.0. The quantitative estimate of drug-likeness (QED) is 0.487. The Bertz CT molecular complexity index is 577. The number of rotatable bonds is 5. The molecule has 1 aromatic carbocycles. The molecule has 0 saturated carbocycles. The number of carbonyl (C=O) groups is 1. The van der Waals surface area contributed by atoms with E-state index in [1.54, 1.807) is 0 Å². The minimum absolute atomic E-state index is 0.116. The number of phenolic OH excluding ortho intramolecular Hbond substituents is 1. The Morgan fingerprint density at radius 3 is 2.62 bits per heavy atom. The van der Waals surface area contributed by atoms with Crippen molar-refractivity contribution in [2.24, 2.45) is 5.73 Å². The Kier molecular flexibility index (Phi) is 4.79. The first-order valence-corrected chi connectivity index (χ1v) is 5.92. The maximum atomic E-state index is 13.9. The lowest BCUT2D eigenvalue weighted by Crippen LogP contribution is -2.42. The molecule has 0 bridgehead atoms. The molecule has 9 heteroatoms. The molecule has 1 rings (SSSR count). The van der Waals surface area contributed by atoms with Crippen molar-refractivity contribution in [2.75, 3.05) is 6.61 Å². The summed E-state index contributed by atoms with van der Waals surface area (Å²) in [7, 11) is 0. The topological polar surface area (TPSA) is 116 Å². The number of ether oxygens (including phenoxy) is 1. The van der Waals surface area contributed by atoms with Gasteiger partial charge in [-0.05, 0) is 25.5 Å². The van der Waals surface area contributed by atoms with Crippen LogP contribution < -0.4 is 5.73 Å². The predicted molar refractivity (Wildman–Crippen MR) is 68.0 cm³/mol. The lowest BCUT2D eigenvalue weighted by molar-refractivity contribution is -0.386. The van der Waals surface area contributed by atoms with Gasteiger partial charge < -0.3 is 15.6 Å². The van der Waals surface area contributed by atoms with Crippen LogP contribution in [-0.2, 0) is 9.53 Å². The summed E-state index contributed by atoms with van der Waals surface area (Å²) in [5.41, 5.74) is 3.81. The van der Waals surface area contributed by atoms with Gasteiger partial charge in [-0.2, -0.15) is 8.78 Å². The molecule has 0 aromatic heterocycles. The fourth-order valence-electron chi connectivity index (χ4n) is 1.71. The molecular weight excluding hydrogens is 290 g/mol. The predicted octanol–water partition coefficient (Wildman–Crippen LogP) is 1.81. The number of phenols is 1. The van der Waals surface area contributed by atoms with Gasteiger partial charge in [-0.25, -0.2) is 4.79 Å². The highest BCUT2D eigenvalue weighted by molar-refractivity contribution is 5.79. The van der Waals surface area contributed by atoms with Crippen LogP contribution in [0.5, 0.6) is 5.75 Å². The van der Waals surface area contributed by atoms with E-state index in [-0.39, 0.29) is 12.2 Å². The van der Waals surface area contributed by atoms with Gasteiger partial charge in [0.2, 0.25) is 0 Å². The van der Waals surface area contributed by atoms with Crippen LogP contribution in [0, 0.1) is 17.0 Å². The van der Waals surface area contributed by atoms with Crippen LogP contribution in [0.15, 0.2) is 12.1 Å². The molecule has 0 aliphatic rings. The van der Waals surface area contributed by atoms with E-state index in [2.05, 4.69) is 4.74 Å². The number of esters is 1. The van der Waals surface area contributed by atoms with Gasteiger partial charge in [0.15, 0.2) is 0 Å². The Balaban J connectivity index is 3.41. The average molecular weight is 304 g/mol. The number of aryl methyl sites for hydroxylation is 1. The molecule has 0 fully saturated rings. The van der Waals surface area contributed by atoms with E-state index in [0.29, 0.717) is 0 Å². The standard InChI is InChI=1S/C12H14F2N2O5/c1-3-21-11(18)12(13,14)10(15)8-7(16(19)20)5-4-6(2)9(8)17/h4-5,10,17H,3,15H2,1-2H3/t10-/m1/s1. The van der Waals surface area contributed by atoms with Crippen LogP contribution in [0.1, 0.15) is 24.1 Å². The lowest BCUT2D eigenvalue weighted by Gasteiger charge is -2.22. The first-order valence-electron chi connectivity index (χ1n) is 5.92. The second-order valence-electron chi connectivity index (χ2n) is 4.24. The normalized spacial score (nSPS) is 12.8. The summed E-state index contributed by atoms with van der Waals surface area (Å²) in [5.74, 6) is -6.88. The SMILES string of the molecule is CCOC(=O)C(F)(F)[C@H](N)c1c([N+](=O)[O-])ccc(C)c1O. The number of nitro benzene ring substituents is 1. The number of carbonyl (C=O) groups excluding carboxylic acids is 1. The van der Waals surface area contributed by atoms with Gasteiger partial charge in [-0.1, -0.05) is 0 Å². The smallest absolute Gasteiger partial charge is 0.379 e. The Morgan fingerprint density at radius 1 is 1.57 bits per heavy atom. The zero-order valence-corrected chi connectivity index (χ0v) is 11.3. The first kappa shape index (κ1) is 16.8. The highest BCUT2D eigenvalue weighted by Crippen LogP contribution is 2.41. The van der Waals surface area contributed by atoms with Crippen molar-refractivity contribution in [3.8, 4) is 5.75 Å². The second-order valence-corrected chi connectivity index (χ2v) is 4.24. The van der Waals surface area contributed by atoms with Crippen molar-refractivity contribution >= 4 is 11.7 Å². The molecule has 0 unspecified atom stereocenters. The number of nitrogens with zero attached hydrogens (tertiary/aromatic N) is 1. The van der Waals surface area contributed by atoms with Crippen LogP contribution in [0.3, 0.4) is 0 Å². The van der Waals surface area contributed by atoms with Gasteiger partial charge in [-0.3, -0.25) is 10.1 Å². The molecule has 1 atom stereocenters. The fourth-order valence-corrected chi connectivity index (χ4v) is 1.71. The highest BCUT2D eigenvalue weighted by atomic mass is 19.3. The maximum absolute atomic E-state index is 13.9. The van der Waals surface area contributed by atoms with Gasteiger partial charge in [0.1, 0.15) is 11.8 Å². The van der Waals surface area contributed by atoms with E-state index in [9.17, 15) is 28.8 Å². The molecule has 116 valence electrons. The van der Waals surface area contributed by atoms with Gasteiger partial charge in [-0.15, -0.1) is 0 Å². The van der Waals surface area contributed by atoms with Crippen LogP contribution in [0.2, 0.25) is 0 Å². The largest absolute Gasteiger partial charge is 0.507 e. The fraction of sp³-hybridized carbons (Fsp3) is 0.417. The first-order chi connectivity index (χ1) is 9.64. The Morgan fingerprint density at radius 2 is 2.14 bits per heavy atom. The monoisotopic (exact) mass is 304 g/mol. The number of hydrogen-bond acceptors (Lipinski definition) is 6. The number of hydrogen-bond donors (Lipinski definition) is 2. The minimum Gasteiger partial charge on any atom is -0.507 e. The number of alkyl halides is 2. The summed E-state index contributed by atoms with van der Waals surface area (Å²) in [6.07, 6.45) is 0. The molecule has 0 amide bonds. The summed E-state index contributed by atoms with van der Waals surface area (Å²) in [6, 6.07) is -0.283. The molecule has 0 heterocycles. The van der Waals surface area contributed by atoms with Crippen molar-refractivity contribution in [1.29, 1.82) is 0 Å². The van der Waals surface area contributed by atoms with E-state index in [0.717, 1.165) is 6.07 Å². The molecule has 0 spiro atoms. The molecule has 21 heavy (non-hydrogen) atoms. The van der Waals surface area contributed by atoms with E-state index >= 15 is 0 Å². The van der Waals surface area contributed by atoms with Crippen LogP contribution in [0.25, 0.3) is 0 Å². The summed E-state index contributed by atoms with van der Waals surface area (Å²) in [4.78, 5) is 21.2. The van der Waals surface area contributed by atoms with E-state index in [4.69, 9.17) is 5.73 Å². The van der Waals surface area contributed by atoms with Gasteiger partial charge >= 0.3 is 11.9 Å². The van der Waals surface area contributed by atoms with Gasteiger partial charge in [0.05, 0.1) is 17.1 Å². The van der Waals surface area contributed by atoms with Crippen molar-refractivity contribution in [3.05, 3.63) is 33.4 Å². The second kappa shape index (κ2) is 6.00. The lowest BCUT2D eigenvalue weighted by atomic mass is 9.96. The van der Waals surface area contributed by atoms with Crippen molar-refractivity contribution in [1.82, 2.24) is 0 Å². The van der Waals surface area contributed by atoms with E-state index in [1.165, 1.54) is 19.9 Å². The van der Waals surface area contributed by atoms with Crippen LogP contribution >= 0.6 is 0 Å². The molecule has 0 aliphatic heterocycles. The highest BCUT2D eigenvalue weighted by Gasteiger charge is 2.50. The Hall–Kier alpha value is -2.29. The molecular formula is C12H14F2N2O5. The molecule has 0 aliphatic carbocycles. The third-order valence-corrected chi connectivity index (χ3v) is 2.84. The average Bonchev–Trinajstić information content (AvgIpc) is 2.40. The third kappa shape index (κ3) is 3.07. The molecule has 3 N–H and O–H groups in total. The molecule has 7 nitrogen and oxygen atoms in total. The number of nitrogens with two attached hydrogens (primary N) is 1. The summed E-state index contributed by atoms with van der Waals surface area (Å²) >= 11 is 0.